The molecular weight excluding hydrogens is 392 g/mol. The van der Waals surface area contributed by atoms with Gasteiger partial charge in [-0.2, -0.15) is 0 Å². The lowest BCUT2D eigenvalue weighted by atomic mass is 10.1. The van der Waals surface area contributed by atoms with Crippen molar-refractivity contribution in [3.05, 3.63) is 57.8 Å². The minimum absolute atomic E-state index is 0.0586. The maximum atomic E-state index is 13.2. The van der Waals surface area contributed by atoms with E-state index in [1.807, 2.05) is 35.2 Å². The Balaban J connectivity index is 2.16. The van der Waals surface area contributed by atoms with Crippen LogP contribution in [0.1, 0.15) is 35.6 Å². The normalized spacial score (nSPS) is 11.9. The van der Waals surface area contributed by atoms with Gasteiger partial charge in [0.15, 0.2) is 0 Å². The first-order valence-corrected chi connectivity index (χ1v) is 11.0. The van der Waals surface area contributed by atoms with Crippen LogP contribution in [0.5, 0.6) is 0 Å². The standard InChI is InChI=1S/C22H29ClN2O2S/c1-4-17(2)13-24(21(26)12-23)16-22(27)25(14-19-8-6-5-7-9-19)15-20-11-10-18(3)28-20/h5-11,17H,4,12-16H2,1-3H3/t17-/m1/s1. The predicted molar refractivity (Wildman–Crippen MR) is 117 cm³/mol. The first-order valence-electron chi connectivity index (χ1n) is 9.63. The molecule has 0 N–H and O–H groups in total. The molecule has 0 fully saturated rings. The van der Waals surface area contributed by atoms with Gasteiger partial charge in [0, 0.05) is 22.8 Å². The molecule has 2 aromatic rings. The molecule has 152 valence electrons. The molecule has 0 unspecified atom stereocenters. The number of hydrogen-bond acceptors (Lipinski definition) is 3. The van der Waals surface area contributed by atoms with Crippen molar-refractivity contribution >= 4 is 34.8 Å². The molecule has 0 radical (unpaired) electrons. The number of rotatable bonds is 10. The summed E-state index contributed by atoms with van der Waals surface area (Å²) in [5.74, 6) is -0.0342. The van der Waals surface area contributed by atoms with E-state index in [0.29, 0.717) is 25.6 Å². The number of hydrogen-bond donors (Lipinski definition) is 0. The van der Waals surface area contributed by atoms with E-state index in [1.54, 1.807) is 16.2 Å². The molecule has 0 aliphatic carbocycles. The molecule has 0 spiro atoms. The van der Waals surface area contributed by atoms with Crippen molar-refractivity contribution in [2.45, 2.75) is 40.3 Å². The van der Waals surface area contributed by atoms with Gasteiger partial charge < -0.3 is 9.80 Å². The number of carbonyl (C=O) groups is 2. The van der Waals surface area contributed by atoms with Crippen LogP contribution >= 0.6 is 22.9 Å². The van der Waals surface area contributed by atoms with Crippen LogP contribution in [-0.4, -0.2) is 40.6 Å². The molecule has 2 rings (SSSR count). The zero-order chi connectivity index (χ0) is 20.5. The largest absolute Gasteiger partial charge is 0.332 e. The summed E-state index contributed by atoms with van der Waals surface area (Å²) in [6.07, 6.45) is 0.947. The second-order valence-electron chi connectivity index (χ2n) is 7.17. The topological polar surface area (TPSA) is 40.6 Å². The van der Waals surface area contributed by atoms with Crippen LogP contribution in [-0.2, 0) is 22.7 Å². The average molecular weight is 421 g/mol. The highest BCUT2D eigenvalue weighted by atomic mass is 35.5. The van der Waals surface area contributed by atoms with Gasteiger partial charge in [0.05, 0.1) is 13.1 Å². The van der Waals surface area contributed by atoms with E-state index in [1.165, 1.54) is 4.88 Å². The molecule has 2 amide bonds. The second-order valence-corrected chi connectivity index (χ2v) is 8.81. The first kappa shape index (κ1) is 22.4. The number of thiophene rings is 1. The third-order valence-electron chi connectivity index (χ3n) is 4.73. The summed E-state index contributed by atoms with van der Waals surface area (Å²) in [6, 6.07) is 14.1. The Morgan fingerprint density at radius 3 is 2.32 bits per heavy atom. The van der Waals surface area contributed by atoms with Gasteiger partial charge in [-0.25, -0.2) is 0 Å². The van der Waals surface area contributed by atoms with Crippen molar-refractivity contribution in [3.63, 3.8) is 0 Å². The quantitative estimate of drug-likeness (QED) is 0.523. The van der Waals surface area contributed by atoms with Gasteiger partial charge >= 0.3 is 0 Å². The lowest BCUT2D eigenvalue weighted by molar-refractivity contribution is -0.140. The van der Waals surface area contributed by atoms with Gasteiger partial charge in [0.2, 0.25) is 11.8 Å². The van der Waals surface area contributed by atoms with Crippen LogP contribution in [0, 0.1) is 12.8 Å². The highest BCUT2D eigenvalue weighted by Crippen LogP contribution is 2.19. The molecule has 6 heteroatoms. The molecule has 1 aromatic heterocycles. The summed E-state index contributed by atoms with van der Waals surface area (Å²) < 4.78 is 0. The van der Waals surface area contributed by atoms with Crippen LogP contribution in [0.3, 0.4) is 0 Å². The summed E-state index contributed by atoms with van der Waals surface area (Å²) in [5.41, 5.74) is 1.07. The fourth-order valence-electron chi connectivity index (χ4n) is 2.90. The number of amides is 2. The molecule has 0 aliphatic heterocycles. The van der Waals surface area contributed by atoms with E-state index in [9.17, 15) is 9.59 Å². The second kappa shape index (κ2) is 11.2. The third kappa shape index (κ3) is 6.95. The Labute approximate surface area is 177 Å². The summed E-state index contributed by atoms with van der Waals surface area (Å²) in [7, 11) is 0. The van der Waals surface area contributed by atoms with Crippen molar-refractivity contribution in [1.82, 2.24) is 9.80 Å². The third-order valence-corrected chi connectivity index (χ3v) is 5.95. The van der Waals surface area contributed by atoms with Crippen molar-refractivity contribution in [2.24, 2.45) is 5.92 Å². The van der Waals surface area contributed by atoms with E-state index in [-0.39, 0.29) is 24.2 Å². The molecular formula is C22H29ClN2O2S. The number of aryl methyl sites for hydroxylation is 1. The fraction of sp³-hybridized carbons (Fsp3) is 0.455. The van der Waals surface area contributed by atoms with Gasteiger partial charge in [-0.15, -0.1) is 22.9 Å². The minimum Gasteiger partial charge on any atom is -0.332 e. The molecule has 4 nitrogen and oxygen atoms in total. The average Bonchev–Trinajstić information content (AvgIpc) is 3.11. The maximum Gasteiger partial charge on any atom is 0.242 e. The monoisotopic (exact) mass is 420 g/mol. The van der Waals surface area contributed by atoms with Crippen LogP contribution in [0.2, 0.25) is 0 Å². The van der Waals surface area contributed by atoms with Gasteiger partial charge in [-0.05, 0) is 30.5 Å². The van der Waals surface area contributed by atoms with Gasteiger partial charge in [-0.3, -0.25) is 9.59 Å². The number of nitrogens with zero attached hydrogens (tertiary/aromatic N) is 2. The van der Waals surface area contributed by atoms with Crippen LogP contribution in [0.25, 0.3) is 0 Å². The molecule has 0 bridgehead atoms. The van der Waals surface area contributed by atoms with E-state index in [0.717, 1.165) is 16.9 Å². The number of halogens is 1. The number of carbonyl (C=O) groups excluding carboxylic acids is 2. The lowest BCUT2D eigenvalue weighted by Crippen LogP contribution is -2.44. The van der Waals surface area contributed by atoms with Crippen LogP contribution in [0.4, 0.5) is 0 Å². The lowest BCUT2D eigenvalue weighted by Gasteiger charge is -2.29. The SMILES string of the molecule is CC[C@@H](C)CN(CC(=O)N(Cc1ccccc1)Cc1ccc(C)s1)C(=O)CCl. The molecule has 1 heterocycles. The Hall–Kier alpha value is -1.85. The number of alkyl halides is 1. The summed E-state index contributed by atoms with van der Waals surface area (Å²) in [5, 5.41) is 0. The van der Waals surface area contributed by atoms with E-state index >= 15 is 0 Å². The smallest absolute Gasteiger partial charge is 0.242 e. The summed E-state index contributed by atoms with van der Waals surface area (Å²) in [4.78, 5) is 31.2. The summed E-state index contributed by atoms with van der Waals surface area (Å²) in [6.45, 7) is 7.88. The van der Waals surface area contributed by atoms with Crippen LogP contribution in [0.15, 0.2) is 42.5 Å². The van der Waals surface area contributed by atoms with E-state index < -0.39 is 0 Å². The molecule has 28 heavy (non-hydrogen) atoms. The maximum absolute atomic E-state index is 13.2. The first-order chi connectivity index (χ1) is 13.4. The highest BCUT2D eigenvalue weighted by Gasteiger charge is 2.22. The summed E-state index contributed by atoms with van der Waals surface area (Å²) >= 11 is 7.48. The Bertz CT molecular complexity index is 763. The van der Waals surface area contributed by atoms with Gasteiger partial charge in [0.25, 0.3) is 0 Å². The van der Waals surface area contributed by atoms with Gasteiger partial charge in [-0.1, -0.05) is 50.6 Å². The van der Waals surface area contributed by atoms with Crippen LogP contribution < -0.4 is 0 Å². The van der Waals surface area contributed by atoms with Crippen molar-refractivity contribution in [1.29, 1.82) is 0 Å². The minimum atomic E-state index is -0.193. The Morgan fingerprint density at radius 2 is 1.75 bits per heavy atom. The fourth-order valence-corrected chi connectivity index (χ4v) is 3.98. The zero-order valence-corrected chi connectivity index (χ0v) is 18.4. The highest BCUT2D eigenvalue weighted by molar-refractivity contribution is 7.11. The molecule has 0 saturated carbocycles. The molecule has 0 saturated heterocycles. The van der Waals surface area contributed by atoms with E-state index in [4.69, 9.17) is 11.6 Å². The molecule has 1 aromatic carbocycles. The van der Waals surface area contributed by atoms with Crippen molar-refractivity contribution in [2.75, 3.05) is 19.0 Å². The van der Waals surface area contributed by atoms with Crippen molar-refractivity contribution < 1.29 is 9.59 Å². The van der Waals surface area contributed by atoms with Gasteiger partial charge in [0.1, 0.15) is 5.88 Å². The molecule has 0 aliphatic rings. The number of benzene rings is 1. The predicted octanol–water partition coefficient (Wildman–Crippen LogP) is 4.70. The Kier molecular flexibility index (Phi) is 9.00. The molecule has 1 atom stereocenters. The van der Waals surface area contributed by atoms with Crippen molar-refractivity contribution in [3.8, 4) is 0 Å². The zero-order valence-electron chi connectivity index (χ0n) is 16.9. The Morgan fingerprint density at radius 1 is 1.04 bits per heavy atom. The van der Waals surface area contributed by atoms with E-state index in [2.05, 4.69) is 32.9 Å².